The number of nitrogens with one attached hydrogen (secondary N) is 1. The van der Waals surface area contributed by atoms with Gasteiger partial charge in [0, 0.05) is 13.6 Å². The molecule has 7 nitrogen and oxygen atoms in total. The molecule has 142 valence electrons. The molecule has 2 heterocycles. The fraction of sp³-hybridized carbons (Fsp3) is 0.105. The van der Waals surface area contributed by atoms with Gasteiger partial charge < -0.3 is 15.0 Å². The Labute approximate surface area is 168 Å². The van der Waals surface area contributed by atoms with E-state index in [-0.39, 0.29) is 18.0 Å². The molecule has 0 unspecified atom stereocenters. The highest BCUT2D eigenvalue weighted by atomic mass is 35.5. The number of aromatic nitrogens is 3. The lowest BCUT2D eigenvalue weighted by molar-refractivity contribution is 0.0942. The molecule has 28 heavy (non-hydrogen) atoms. The first kappa shape index (κ1) is 18.3. The minimum absolute atomic E-state index is 0.130. The molecule has 0 saturated carbocycles. The number of rotatable bonds is 3. The first-order valence-corrected chi connectivity index (χ1v) is 9.05. The van der Waals surface area contributed by atoms with Crippen LogP contribution in [0.2, 0.25) is 10.0 Å². The number of imidazole rings is 1. The SMILES string of the molecule is Cn1c2ccccc2n2c(=O)c(O)c(C(=O)NCc3ccc(Cl)c(Cl)c3)nc12. The van der Waals surface area contributed by atoms with Crippen LogP contribution in [0.5, 0.6) is 5.75 Å². The Hall–Kier alpha value is -3.03. The lowest BCUT2D eigenvalue weighted by Crippen LogP contribution is -2.27. The lowest BCUT2D eigenvalue weighted by atomic mass is 10.2. The van der Waals surface area contributed by atoms with Crippen LogP contribution in [0.15, 0.2) is 47.3 Å². The average molecular weight is 417 g/mol. The first-order chi connectivity index (χ1) is 13.4. The third kappa shape index (κ3) is 2.89. The molecular weight excluding hydrogens is 403 g/mol. The summed E-state index contributed by atoms with van der Waals surface area (Å²) in [4.78, 5) is 29.5. The average Bonchev–Trinajstić information content (AvgIpc) is 2.98. The van der Waals surface area contributed by atoms with Crippen LogP contribution in [0.1, 0.15) is 16.1 Å². The highest BCUT2D eigenvalue weighted by molar-refractivity contribution is 6.42. The molecule has 9 heteroatoms. The van der Waals surface area contributed by atoms with Gasteiger partial charge in [0.25, 0.3) is 5.91 Å². The molecule has 0 atom stereocenters. The number of fused-ring (bicyclic) bond motifs is 3. The predicted octanol–water partition coefficient (Wildman–Crippen LogP) is 3.13. The molecule has 2 N–H and O–H groups in total. The van der Waals surface area contributed by atoms with Gasteiger partial charge in [-0.05, 0) is 29.8 Å². The Morgan fingerprint density at radius 1 is 1.14 bits per heavy atom. The summed E-state index contributed by atoms with van der Waals surface area (Å²) in [6.07, 6.45) is 0. The summed E-state index contributed by atoms with van der Waals surface area (Å²) in [5, 5.41) is 13.7. The number of amides is 1. The number of benzene rings is 2. The fourth-order valence-electron chi connectivity index (χ4n) is 3.06. The topological polar surface area (TPSA) is 88.6 Å². The quantitative estimate of drug-likeness (QED) is 0.536. The molecule has 1 amide bonds. The van der Waals surface area contributed by atoms with Gasteiger partial charge in [0.15, 0.2) is 5.69 Å². The van der Waals surface area contributed by atoms with Gasteiger partial charge >= 0.3 is 5.56 Å². The van der Waals surface area contributed by atoms with Crippen molar-refractivity contribution in [2.45, 2.75) is 6.54 Å². The zero-order chi connectivity index (χ0) is 20.0. The Bertz CT molecular complexity index is 1310. The molecule has 0 bridgehead atoms. The van der Waals surface area contributed by atoms with Crippen molar-refractivity contribution < 1.29 is 9.90 Å². The first-order valence-electron chi connectivity index (χ1n) is 8.29. The summed E-state index contributed by atoms with van der Waals surface area (Å²) in [5.41, 5.74) is 1.01. The van der Waals surface area contributed by atoms with E-state index in [4.69, 9.17) is 23.2 Å². The molecule has 0 saturated heterocycles. The van der Waals surface area contributed by atoms with Gasteiger partial charge in [-0.15, -0.1) is 0 Å². The zero-order valence-electron chi connectivity index (χ0n) is 14.6. The zero-order valence-corrected chi connectivity index (χ0v) is 16.1. The highest BCUT2D eigenvalue weighted by Crippen LogP contribution is 2.23. The van der Waals surface area contributed by atoms with E-state index < -0.39 is 17.2 Å². The number of para-hydroxylation sites is 2. The van der Waals surface area contributed by atoms with Crippen molar-refractivity contribution in [1.82, 2.24) is 19.3 Å². The smallest absolute Gasteiger partial charge is 0.302 e. The Balaban J connectivity index is 1.74. The molecule has 0 spiro atoms. The molecule has 0 aliphatic heterocycles. The van der Waals surface area contributed by atoms with Crippen LogP contribution >= 0.6 is 23.2 Å². The van der Waals surface area contributed by atoms with E-state index in [9.17, 15) is 14.7 Å². The maximum atomic E-state index is 12.7. The van der Waals surface area contributed by atoms with Crippen LogP contribution in [-0.4, -0.2) is 25.0 Å². The van der Waals surface area contributed by atoms with E-state index in [0.29, 0.717) is 21.1 Å². The maximum absolute atomic E-state index is 12.7. The number of hydrogen-bond acceptors (Lipinski definition) is 4. The Kier molecular flexibility index (Phi) is 4.49. The number of halogens is 2. The van der Waals surface area contributed by atoms with Crippen LogP contribution < -0.4 is 10.9 Å². The molecule has 4 rings (SSSR count). The van der Waals surface area contributed by atoms with Gasteiger partial charge in [-0.2, -0.15) is 0 Å². The normalized spacial score (nSPS) is 11.2. The standard InChI is InChI=1S/C19H14Cl2N4O3/c1-24-13-4-2-3-5-14(13)25-18(28)16(26)15(23-19(24)25)17(27)22-9-10-6-7-11(20)12(21)8-10/h2-8,26H,9H2,1H3,(H,22,27). The van der Waals surface area contributed by atoms with Crippen LogP contribution in [0, 0.1) is 0 Å². The fourth-order valence-corrected chi connectivity index (χ4v) is 3.38. The summed E-state index contributed by atoms with van der Waals surface area (Å²) in [5.74, 6) is -1.13. The van der Waals surface area contributed by atoms with Gasteiger partial charge in [-0.1, -0.05) is 41.4 Å². The van der Waals surface area contributed by atoms with Crippen LogP contribution in [0.3, 0.4) is 0 Å². The molecule has 0 aliphatic carbocycles. The predicted molar refractivity (Wildman–Crippen MR) is 107 cm³/mol. The molecule has 0 fully saturated rings. The Morgan fingerprint density at radius 3 is 2.57 bits per heavy atom. The summed E-state index contributed by atoms with van der Waals surface area (Å²) >= 11 is 11.8. The van der Waals surface area contributed by atoms with Gasteiger partial charge in [-0.25, -0.2) is 9.38 Å². The second-order valence-corrected chi connectivity index (χ2v) is 7.04. The van der Waals surface area contributed by atoms with Crippen molar-refractivity contribution in [2.75, 3.05) is 0 Å². The largest absolute Gasteiger partial charge is 0.501 e. The highest BCUT2D eigenvalue weighted by Gasteiger charge is 2.22. The van der Waals surface area contributed by atoms with Crippen LogP contribution in [-0.2, 0) is 13.6 Å². The van der Waals surface area contributed by atoms with Crippen molar-refractivity contribution in [3.05, 3.63) is 74.1 Å². The second-order valence-electron chi connectivity index (χ2n) is 6.23. The van der Waals surface area contributed by atoms with E-state index in [2.05, 4.69) is 10.3 Å². The number of nitrogens with zero attached hydrogens (tertiary/aromatic N) is 3. The minimum Gasteiger partial charge on any atom is -0.501 e. The van der Waals surface area contributed by atoms with E-state index >= 15 is 0 Å². The molecule has 4 aromatic rings. The van der Waals surface area contributed by atoms with Gasteiger partial charge in [-0.3, -0.25) is 9.59 Å². The van der Waals surface area contributed by atoms with E-state index in [1.165, 1.54) is 4.40 Å². The van der Waals surface area contributed by atoms with E-state index in [1.54, 1.807) is 41.9 Å². The van der Waals surface area contributed by atoms with Crippen molar-refractivity contribution in [2.24, 2.45) is 7.05 Å². The molecule has 2 aromatic carbocycles. The minimum atomic E-state index is -0.708. The molecular formula is C19H14Cl2N4O3. The van der Waals surface area contributed by atoms with Crippen molar-refractivity contribution in [3.63, 3.8) is 0 Å². The molecule has 0 aliphatic rings. The van der Waals surface area contributed by atoms with Crippen molar-refractivity contribution >= 4 is 45.9 Å². The number of hydrogen-bond donors (Lipinski definition) is 2. The van der Waals surface area contributed by atoms with Crippen molar-refractivity contribution in [1.29, 1.82) is 0 Å². The van der Waals surface area contributed by atoms with E-state index in [0.717, 1.165) is 5.52 Å². The summed E-state index contributed by atoms with van der Waals surface area (Å²) < 4.78 is 2.96. The van der Waals surface area contributed by atoms with Crippen molar-refractivity contribution in [3.8, 4) is 5.75 Å². The summed E-state index contributed by atoms with van der Waals surface area (Å²) in [7, 11) is 1.73. The molecule has 0 radical (unpaired) electrons. The Morgan fingerprint density at radius 2 is 1.86 bits per heavy atom. The van der Waals surface area contributed by atoms with Crippen LogP contribution in [0.4, 0.5) is 0 Å². The molecule has 2 aromatic heterocycles. The maximum Gasteiger partial charge on any atom is 0.302 e. The number of carbonyl (C=O) groups excluding carboxylic acids is 1. The lowest BCUT2D eigenvalue weighted by Gasteiger charge is -2.08. The van der Waals surface area contributed by atoms with Gasteiger partial charge in [0.05, 0.1) is 21.1 Å². The third-order valence-corrected chi connectivity index (χ3v) is 5.22. The summed E-state index contributed by atoms with van der Waals surface area (Å²) in [6.45, 7) is 0.130. The van der Waals surface area contributed by atoms with Gasteiger partial charge in [0.1, 0.15) is 0 Å². The van der Waals surface area contributed by atoms with E-state index in [1.807, 2.05) is 12.1 Å². The second kappa shape index (κ2) is 6.85. The van der Waals surface area contributed by atoms with Gasteiger partial charge in [0.2, 0.25) is 11.5 Å². The third-order valence-electron chi connectivity index (χ3n) is 4.48. The number of aromatic hydroxyl groups is 1. The summed E-state index contributed by atoms with van der Waals surface area (Å²) in [6, 6.07) is 12.1. The number of aryl methyl sites for hydroxylation is 1. The number of carbonyl (C=O) groups is 1. The monoisotopic (exact) mass is 416 g/mol. The van der Waals surface area contributed by atoms with Crippen LogP contribution in [0.25, 0.3) is 16.8 Å².